The van der Waals surface area contributed by atoms with E-state index in [1.807, 2.05) is 18.2 Å². The number of carbonyl (C=O) groups is 1. The number of aryl methyl sites for hydroxylation is 1. The fourth-order valence-corrected chi connectivity index (χ4v) is 5.47. The standard InChI is InChI=1S/C25H38N2O3.ClH/c1-2-29-18-19-8-7-15-27(16-19)17-21-10-3-5-11-22(21)26-25(28)24-14-13-20-9-4-6-12-23(20)30-24;/h4,6,9,12,19,21-22,24H,2-3,5,7-8,10-11,13-18H2,1H3,(H,26,28);1H/t19-,21-,22+,24?;/m1./s1. The SMILES string of the molecule is CCOC[C@@H]1CCCN(C[C@H]2CCCC[C@@H]2NC(=O)C2CCc3ccccc3O2)C1.Cl. The molecule has 1 aromatic carbocycles. The lowest BCUT2D eigenvalue weighted by Gasteiger charge is -2.39. The Morgan fingerprint density at radius 3 is 2.87 bits per heavy atom. The summed E-state index contributed by atoms with van der Waals surface area (Å²) in [5.74, 6) is 2.16. The fraction of sp³-hybridized carbons (Fsp3) is 0.720. The Labute approximate surface area is 193 Å². The molecule has 2 heterocycles. The topological polar surface area (TPSA) is 50.8 Å². The van der Waals surface area contributed by atoms with Crippen molar-refractivity contribution in [1.82, 2.24) is 10.2 Å². The van der Waals surface area contributed by atoms with Crippen LogP contribution in [0.2, 0.25) is 0 Å². The average Bonchev–Trinajstić information content (AvgIpc) is 2.79. The van der Waals surface area contributed by atoms with E-state index in [1.165, 1.54) is 44.2 Å². The number of amides is 1. The molecule has 31 heavy (non-hydrogen) atoms. The van der Waals surface area contributed by atoms with Crippen LogP contribution in [0.15, 0.2) is 24.3 Å². The van der Waals surface area contributed by atoms with Gasteiger partial charge in [0.1, 0.15) is 5.75 Å². The van der Waals surface area contributed by atoms with Crippen molar-refractivity contribution in [2.24, 2.45) is 11.8 Å². The minimum absolute atomic E-state index is 0. The molecule has 4 atom stereocenters. The van der Waals surface area contributed by atoms with Gasteiger partial charge in [0.05, 0.1) is 6.61 Å². The van der Waals surface area contributed by atoms with E-state index in [0.717, 1.165) is 51.3 Å². The number of hydrogen-bond acceptors (Lipinski definition) is 4. The second kappa shape index (κ2) is 12.1. The van der Waals surface area contributed by atoms with Crippen molar-refractivity contribution in [2.75, 3.05) is 32.8 Å². The Kier molecular flexibility index (Phi) is 9.48. The van der Waals surface area contributed by atoms with Gasteiger partial charge in [-0.15, -0.1) is 12.4 Å². The Bertz CT molecular complexity index is 701. The van der Waals surface area contributed by atoms with Gasteiger partial charge in [0.2, 0.25) is 0 Å². The molecule has 1 unspecified atom stereocenters. The van der Waals surface area contributed by atoms with Crippen LogP contribution >= 0.6 is 12.4 Å². The van der Waals surface area contributed by atoms with Crippen LogP contribution in [-0.4, -0.2) is 55.8 Å². The second-order valence-electron chi connectivity index (χ2n) is 9.34. The molecule has 0 aromatic heterocycles. The molecule has 0 spiro atoms. The summed E-state index contributed by atoms with van der Waals surface area (Å²) in [6.45, 7) is 7.19. The quantitative estimate of drug-likeness (QED) is 0.675. The smallest absolute Gasteiger partial charge is 0.261 e. The van der Waals surface area contributed by atoms with Crippen LogP contribution in [-0.2, 0) is 16.0 Å². The maximum atomic E-state index is 13.0. The molecule has 3 aliphatic rings. The van der Waals surface area contributed by atoms with E-state index < -0.39 is 0 Å². The van der Waals surface area contributed by atoms with Gasteiger partial charge in [-0.25, -0.2) is 0 Å². The largest absolute Gasteiger partial charge is 0.480 e. The Morgan fingerprint density at radius 2 is 2.00 bits per heavy atom. The van der Waals surface area contributed by atoms with E-state index in [-0.39, 0.29) is 30.5 Å². The molecular weight excluding hydrogens is 412 g/mol. The summed E-state index contributed by atoms with van der Waals surface area (Å²) < 4.78 is 11.7. The van der Waals surface area contributed by atoms with Crippen molar-refractivity contribution in [2.45, 2.75) is 70.4 Å². The number of halogens is 1. The first-order chi connectivity index (χ1) is 14.7. The van der Waals surface area contributed by atoms with Crippen molar-refractivity contribution in [1.29, 1.82) is 0 Å². The van der Waals surface area contributed by atoms with E-state index in [0.29, 0.717) is 11.8 Å². The van der Waals surface area contributed by atoms with Crippen molar-refractivity contribution in [3.05, 3.63) is 29.8 Å². The van der Waals surface area contributed by atoms with Crippen molar-refractivity contribution < 1.29 is 14.3 Å². The zero-order chi connectivity index (χ0) is 20.8. The van der Waals surface area contributed by atoms with Crippen LogP contribution in [0.1, 0.15) is 57.4 Å². The maximum Gasteiger partial charge on any atom is 0.261 e. The lowest BCUT2D eigenvalue weighted by atomic mass is 9.83. The lowest BCUT2D eigenvalue weighted by molar-refractivity contribution is -0.130. The molecule has 2 fully saturated rings. The highest BCUT2D eigenvalue weighted by molar-refractivity contribution is 5.85. The van der Waals surface area contributed by atoms with Crippen LogP contribution in [0.3, 0.4) is 0 Å². The van der Waals surface area contributed by atoms with Gasteiger partial charge in [-0.2, -0.15) is 0 Å². The summed E-state index contributed by atoms with van der Waals surface area (Å²) in [7, 11) is 0. The predicted octanol–water partition coefficient (Wildman–Crippen LogP) is 4.23. The molecular formula is C25H39ClN2O3. The zero-order valence-electron chi connectivity index (χ0n) is 18.9. The van der Waals surface area contributed by atoms with Crippen molar-refractivity contribution >= 4 is 18.3 Å². The summed E-state index contributed by atoms with van der Waals surface area (Å²) >= 11 is 0. The van der Waals surface area contributed by atoms with Gasteiger partial charge in [0.25, 0.3) is 5.91 Å². The number of likely N-dealkylation sites (tertiary alicyclic amines) is 1. The molecule has 0 bridgehead atoms. The molecule has 1 N–H and O–H groups in total. The summed E-state index contributed by atoms with van der Waals surface area (Å²) in [6, 6.07) is 8.37. The van der Waals surface area contributed by atoms with Crippen LogP contribution in [0.25, 0.3) is 0 Å². The highest BCUT2D eigenvalue weighted by Crippen LogP contribution is 2.30. The second-order valence-corrected chi connectivity index (χ2v) is 9.34. The maximum absolute atomic E-state index is 13.0. The van der Waals surface area contributed by atoms with Crippen LogP contribution < -0.4 is 10.1 Å². The van der Waals surface area contributed by atoms with Crippen LogP contribution in [0.5, 0.6) is 5.75 Å². The third kappa shape index (κ3) is 6.59. The number of nitrogens with zero attached hydrogens (tertiary/aromatic N) is 1. The van der Waals surface area contributed by atoms with Gasteiger partial charge < -0.3 is 19.7 Å². The van der Waals surface area contributed by atoms with Crippen molar-refractivity contribution in [3.8, 4) is 5.75 Å². The van der Waals surface area contributed by atoms with E-state index in [1.54, 1.807) is 0 Å². The number of ether oxygens (including phenoxy) is 2. The Morgan fingerprint density at radius 1 is 1.16 bits per heavy atom. The molecule has 174 valence electrons. The van der Waals surface area contributed by atoms with E-state index in [4.69, 9.17) is 9.47 Å². The minimum Gasteiger partial charge on any atom is -0.480 e. The molecule has 1 saturated heterocycles. The van der Waals surface area contributed by atoms with E-state index >= 15 is 0 Å². The highest BCUT2D eigenvalue weighted by Gasteiger charge is 2.33. The monoisotopic (exact) mass is 450 g/mol. The summed E-state index contributed by atoms with van der Waals surface area (Å²) in [5.41, 5.74) is 1.21. The number of rotatable bonds is 7. The number of carbonyl (C=O) groups excluding carboxylic acids is 1. The number of piperidine rings is 1. The fourth-order valence-electron chi connectivity index (χ4n) is 5.47. The first-order valence-corrected chi connectivity index (χ1v) is 12.1. The molecule has 1 amide bonds. The molecule has 0 radical (unpaired) electrons. The zero-order valence-corrected chi connectivity index (χ0v) is 19.7. The number of nitrogens with one attached hydrogen (secondary N) is 1. The first-order valence-electron chi connectivity index (χ1n) is 12.1. The third-order valence-electron chi connectivity index (χ3n) is 7.10. The number of fused-ring (bicyclic) bond motifs is 1. The van der Waals surface area contributed by atoms with Gasteiger partial charge in [-0.3, -0.25) is 4.79 Å². The predicted molar refractivity (Wildman–Crippen MR) is 126 cm³/mol. The molecule has 1 aliphatic carbocycles. The van der Waals surface area contributed by atoms with Crippen LogP contribution in [0.4, 0.5) is 0 Å². The summed E-state index contributed by atoms with van der Waals surface area (Å²) in [5, 5.41) is 3.39. The summed E-state index contributed by atoms with van der Waals surface area (Å²) in [4.78, 5) is 15.6. The number of hydrogen-bond donors (Lipinski definition) is 1. The van der Waals surface area contributed by atoms with Gasteiger partial charge >= 0.3 is 0 Å². The highest BCUT2D eigenvalue weighted by atomic mass is 35.5. The van der Waals surface area contributed by atoms with Gasteiger partial charge in [0.15, 0.2) is 6.10 Å². The van der Waals surface area contributed by atoms with Gasteiger partial charge in [0, 0.05) is 25.7 Å². The molecule has 6 heteroatoms. The first kappa shape index (κ1) is 24.3. The number of para-hydroxylation sites is 1. The average molecular weight is 451 g/mol. The normalized spacial score (nSPS) is 28.7. The third-order valence-corrected chi connectivity index (χ3v) is 7.10. The lowest BCUT2D eigenvalue weighted by Crippen LogP contribution is -2.51. The van der Waals surface area contributed by atoms with Crippen molar-refractivity contribution in [3.63, 3.8) is 0 Å². The Balaban J connectivity index is 0.00000272. The molecule has 1 aromatic rings. The Hall–Kier alpha value is -1.30. The number of benzene rings is 1. The molecule has 4 rings (SSSR count). The summed E-state index contributed by atoms with van der Waals surface area (Å²) in [6.07, 6.45) is 8.67. The van der Waals surface area contributed by atoms with Gasteiger partial charge in [-0.05, 0) is 75.5 Å². The molecule has 2 aliphatic heterocycles. The molecule has 5 nitrogen and oxygen atoms in total. The van der Waals surface area contributed by atoms with Crippen LogP contribution in [0, 0.1) is 11.8 Å². The van der Waals surface area contributed by atoms with Gasteiger partial charge in [-0.1, -0.05) is 31.0 Å². The minimum atomic E-state index is -0.354. The molecule has 1 saturated carbocycles. The van der Waals surface area contributed by atoms with E-state index in [9.17, 15) is 4.79 Å². The van der Waals surface area contributed by atoms with E-state index in [2.05, 4.69) is 23.2 Å².